The largest absolute Gasteiger partial charge is 0.447 e. The fourth-order valence-electron chi connectivity index (χ4n) is 2.84. The molecule has 0 aliphatic rings. The van der Waals surface area contributed by atoms with E-state index in [2.05, 4.69) is 10.3 Å². The summed E-state index contributed by atoms with van der Waals surface area (Å²) in [5.74, 6) is -0.174. The molecule has 1 aromatic heterocycles. The highest BCUT2D eigenvalue weighted by Gasteiger charge is 2.16. The van der Waals surface area contributed by atoms with Crippen LogP contribution in [0.1, 0.15) is 34.4 Å². The lowest BCUT2D eigenvalue weighted by Crippen LogP contribution is -2.24. The second-order valence-electron chi connectivity index (χ2n) is 6.49. The molecule has 1 amide bonds. The lowest BCUT2D eigenvalue weighted by molar-refractivity contribution is 0.0950. The van der Waals surface area contributed by atoms with Crippen LogP contribution in [0.5, 0.6) is 0 Å². The maximum Gasteiger partial charge on any atom is 0.273 e. The van der Waals surface area contributed by atoms with Gasteiger partial charge in [-0.15, -0.1) is 0 Å². The average molecular weight is 436 g/mol. The predicted octanol–water partition coefficient (Wildman–Crippen LogP) is 5.07. The number of carbonyl (C=O) groups excluding carboxylic acids is 1. The van der Waals surface area contributed by atoms with E-state index in [4.69, 9.17) is 27.6 Å². The molecule has 0 unspecified atom stereocenters. The number of halogens is 3. The van der Waals surface area contributed by atoms with Gasteiger partial charge in [-0.25, -0.2) is 9.37 Å². The third-order valence-corrected chi connectivity index (χ3v) is 4.80. The van der Waals surface area contributed by atoms with Crippen molar-refractivity contribution in [1.82, 2.24) is 15.2 Å². The van der Waals surface area contributed by atoms with E-state index in [1.165, 1.54) is 18.4 Å². The predicted molar refractivity (Wildman–Crippen MR) is 110 cm³/mol. The van der Waals surface area contributed by atoms with Crippen molar-refractivity contribution >= 4 is 29.1 Å². The van der Waals surface area contributed by atoms with Crippen LogP contribution in [-0.2, 0) is 19.6 Å². The zero-order chi connectivity index (χ0) is 20.8. The molecule has 0 atom stereocenters. The highest BCUT2D eigenvalue weighted by molar-refractivity contribution is 6.35. The van der Waals surface area contributed by atoms with Gasteiger partial charge in [-0.3, -0.25) is 9.69 Å². The van der Waals surface area contributed by atoms with E-state index in [0.29, 0.717) is 42.1 Å². The molecule has 2 aromatic carbocycles. The van der Waals surface area contributed by atoms with Gasteiger partial charge in [0, 0.05) is 29.7 Å². The Bertz CT molecular complexity index is 976. The van der Waals surface area contributed by atoms with E-state index in [1.807, 2.05) is 17.9 Å². The highest BCUT2D eigenvalue weighted by Crippen LogP contribution is 2.24. The summed E-state index contributed by atoms with van der Waals surface area (Å²) in [4.78, 5) is 18.2. The molecule has 8 heteroatoms. The van der Waals surface area contributed by atoms with Gasteiger partial charge in [0.1, 0.15) is 12.1 Å². The van der Waals surface area contributed by atoms with Crippen LogP contribution in [0.4, 0.5) is 4.39 Å². The van der Waals surface area contributed by atoms with Crippen molar-refractivity contribution in [3.8, 4) is 0 Å². The third-order valence-electron chi connectivity index (χ3n) is 4.21. The van der Waals surface area contributed by atoms with E-state index >= 15 is 0 Å². The lowest BCUT2D eigenvalue weighted by Gasteiger charge is -2.21. The Morgan fingerprint density at radius 1 is 1.14 bits per heavy atom. The number of carbonyl (C=O) groups is 1. The summed E-state index contributed by atoms with van der Waals surface area (Å²) in [5.41, 5.74) is 2.04. The Labute approximate surface area is 178 Å². The summed E-state index contributed by atoms with van der Waals surface area (Å²) in [6.45, 7) is 3.69. The summed E-state index contributed by atoms with van der Waals surface area (Å²) >= 11 is 12.3. The molecule has 0 saturated carbocycles. The Hall–Kier alpha value is -2.41. The van der Waals surface area contributed by atoms with Crippen LogP contribution in [0, 0.1) is 5.82 Å². The van der Waals surface area contributed by atoms with E-state index in [0.717, 1.165) is 11.1 Å². The fourth-order valence-corrected chi connectivity index (χ4v) is 3.30. The lowest BCUT2D eigenvalue weighted by atomic mass is 10.1. The Morgan fingerprint density at radius 3 is 2.59 bits per heavy atom. The maximum atomic E-state index is 13.2. The van der Waals surface area contributed by atoms with Crippen LogP contribution in [0.3, 0.4) is 0 Å². The number of hydrogen-bond acceptors (Lipinski definition) is 4. The first-order chi connectivity index (χ1) is 13.9. The Morgan fingerprint density at radius 2 is 1.90 bits per heavy atom. The molecule has 1 heterocycles. The van der Waals surface area contributed by atoms with Crippen molar-refractivity contribution < 1.29 is 13.6 Å². The zero-order valence-electron chi connectivity index (χ0n) is 15.8. The molecule has 0 bridgehead atoms. The number of amides is 1. The molecule has 1 N–H and O–H groups in total. The summed E-state index contributed by atoms with van der Waals surface area (Å²) in [6.07, 6.45) is 1.34. The van der Waals surface area contributed by atoms with Gasteiger partial charge >= 0.3 is 0 Å². The number of hydrogen-bond donors (Lipinski definition) is 1. The molecule has 5 nitrogen and oxygen atoms in total. The van der Waals surface area contributed by atoms with Crippen LogP contribution in [0.25, 0.3) is 0 Å². The highest BCUT2D eigenvalue weighted by atomic mass is 35.5. The number of nitrogens with zero attached hydrogens (tertiary/aromatic N) is 2. The molecule has 0 aliphatic heterocycles. The van der Waals surface area contributed by atoms with Crippen LogP contribution < -0.4 is 5.32 Å². The molecule has 0 spiro atoms. The molecule has 152 valence electrons. The van der Waals surface area contributed by atoms with Crippen LogP contribution >= 0.6 is 23.2 Å². The van der Waals surface area contributed by atoms with Gasteiger partial charge in [-0.1, -0.05) is 41.4 Å². The summed E-state index contributed by atoms with van der Waals surface area (Å²) < 4.78 is 18.7. The summed E-state index contributed by atoms with van der Waals surface area (Å²) in [6, 6.07) is 11.6. The summed E-state index contributed by atoms with van der Waals surface area (Å²) in [5, 5.41) is 3.80. The van der Waals surface area contributed by atoms with Crippen molar-refractivity contribution in [2.45, 2.75) is 26.6 Å². The topological polar surface area (TPSA) is 58.4 Å². The van der Waals surface area contributed by atoms with Crippen LogP contribution in [0.2, 0.25) is 10.0 Å². The van der Waals surface area contributed by atoms with Crippen molar-refractivity contribution in [2.24, 2.45) is 0 Å². The van der Waals surface area contributed by atoms with Crippen molar-refractivity contribution in [1.29, 1.82) is 0 Å². The SMILES string of the molecule is CCNC(=O)c1coc(CN(Cc2ccc(F)cc2)Cc2ccc(Cl)cc2Cl)n1. The second kappa shape index (κ2) is 9.87. The van der Waals surface area contributed by atoms with E-state index in [9.17, 15) is 9.18 Å². The van der Waals surface area contributed by atoms with Gasteiger partial charge in [0.05, 0.1) is 6.54 Å². The number of nitrogens with one attached hydrogen (secondary N) is 1. The van der Waals surface area contributed by atoms with Gasteiger partial charge in [-0.2, -0.15) is 0 Å². The molecular weight excluding hydrogens is 416 g/mol. The van der Waals surface area contributed by atoms with Crippen molar-refractivity contribution in [3.63, 3.8) is 0 Å². The van der Waals surface area contributed by atoms with E-state index < -0.39 is 0 Å². The number of benzene rings is 2. The van der Waals surface area contributed by atoms with Gasteiger partial charge in [-0.05, 0) is 42.3 Å². The minimum absolute atomic E-state index is 0.230. The number of rotatable bonds is 8. The van der Waals surface area contributed by atoms with Gasteiger partial charge in [0.25, 0.3) is 5.91 Å². The minimum Gasteiger partial charge on any atom is -0.447 e. The molecule has 0 fully saturated rings. The molecule has 3 rings (SSSR count). The van der Waals surface area contributed by atoms with Crippen molar-refractivity contribution in [2.75, 3.05) is 6.54 Å². The van der Waals surface area contributed by atoms with E-state index in [1.54, 1.807) is 24.3 Å². The van der Waals surface area contributed by atoms with Gasteiger partial charge in [0.2, 0.25) is 5.89 Å². The average Bonchev–Trinajstić information content (AvgIpc) is 3.14. The zero-order valence-corrected chi connectivity index (χ0v) is 17.3. The Kier molecular flexibility index (Phi) is 7.25. The first-order valence-electron chi connectivity index (χ1n) is 9.08. The monoisotopic (exact) mass is 435 g/mol. The molecule has 0 aliphatic carbocycles. The van der Waals surface area contributed by atoms with Gasteiger partial charge < -0.3 is 9.73 Å². The normalized spacial score (nSPS) is 11.1. The first kappa shape index (κ1) is 21.3. The van der Waals surface area contributed by atoms with E-state index in [-0.39, 0.29) is 17.4 Å². The second-order valence-corrected chi connectivity index (χ2v) is 7.34. The minimum atomic E-state index is -0.291. The quantitative estimate of drug-likeness (QED) is 0.536. The maximum absolute atomic E-state index is 13.2. The smallest absolute Gasteiger partial charge is 0.273 e. The van der Waals surface area contributed by atoms with Gasteiger partial charge in [0.15, 0.2) is 5.69 Å². The molecule has 0 saturated heterocycles. The van der Waals surface area contributed by atoms with Crippen LogP contribution in [-0.4, -0.2) is 22.3 Å². The Balaban J connectivity index is 1.80. The molecular formula is C21H20Cl2FN3O2. The fraction of sp³-hybridized carbons (Fsp3) is 0.238. The molecule has 0 radical (unpaired) electrons. The molecule has 29 heavy (non-hydrogen) atoms. The summed E-state index contributed by atoms with van der Waals surface area (Å²) in [7, 11) is 0. The number of aromatic nitrogens is 1. The number of oxazole rings is 1. The van der Waals surface area contributed by atoms with Crippen LogP contribution in [0.15, 0.2) is 53.1 Å². The molecule has 3 aromatic rings. The third kappa shape index (κ3) is 6.03. The first-order valence-corrected chi connectivity index (χ1v) is 9.83. The van der Waals surface area contributed by atoms with Crippen molar-refractivity contribution in [3.05, 3.63) is 87.3 Å². The standard InChI is InChI=1S/C21H20Cl2FN3O2/c1-2-25-21(28)19-13-29-20(26-19)12-27(10-14-3-7-17(24)8-4-14)11-15-5-6-16(22)9-18(15)23/h3-9,13H,2,10-12H2,1H3,(H,25,28).